The standard InChI is InChI=1S/C39H33N3O5S2/c1-25(39(45)42-31-16-7-9-18-35(31)49-36-19-10-8-17-32(36)42)48-29-15-11-14-28(24-29)40-38(44)30(41-37(43)27-12-5-4-6-13-27)22-26-20-21-33(46-2)34(23-26)47-3/h4-25H,1-3H3,(H,40,44)(H,41,43)/b30-22+. The molecule has 6 rings (SSSR count). The maximum absolute atomic E-state index is 14.0. The number of nitrogens with zero attached hydrogens (tertiary/aromatic N) is 1. The van der Waals surface area contributed by atoms with E-state index in [1.165, 1.54) is 18.9 Å². The average Bonchev–Trinajstić information content (AvgIpc) is 3.13. The molecule has 0 radical (unpaired) electrons. The number of hydrogen-bond donors (Lipinski definition) is 2. The lowest BCUT2D eigenvalue weighted by atomic mass is 10.1. The van der Waals surface area contributed by atoms with Crippen molar-refractivity contribution >= 4 is 64.4 Å². The number of ether oxygens (including phenoxy) is 2. The molecule has 3 amide bonds. The van der Waals surface area contributed by atoms with Gasteiger partial charge in [-0.05, 0) is 85.3 Å². The number of para-hydroxylation sites is 2. The highest BCUT2D eigenvalue weighted by atomic mass is 32.2. The minimum absolute atomic E-state index is 0.0305. The van der Waals surface area contributed by atoms with Gasteiger partial charge in [-0.2, -0.15) is 0 Å². The fraction of sp³-hybridized carbons (Fsp3) is 0.103. The summed E-state index contributed by atoms with van der Waals surface area (Å²) in [7, 11) is 3.07. The van der Waals surface area contributed by atoms with E-state index in [1.807, 2.05) is 79.7 Å². The second-order valence-corrected chi connectivity index (χ2v) is 13.4. The van der Waals surface area contributed by atoms with Crippen molar-refractivity contribution in [3.63, 3.8) is 0 Å². The van der Waals surface area contributed by atoms with Crippen LogP contribution in [-0.4, -0.2) is 37.2 Å². The molecule has 8 nitrogen and oxygen atoms in total. The zero-order valence-corrected chi connectivity index (χ0v) is 28.6. The lowest BCUT2D eigenvalue weighted by Gasteiger charge is -2.32. The predicted molar refractivity (Wildman–Crippen MR) is 196 cm³/mol. The van der Waals surface area contributed by atoms with E-state index in [-0.39, 0.29) is 11.6 Å². The Morgan fingerprint density at radius 2 is 1.41 bits per heavy atom. The van der Waals surface area contributed by atoms with E-state index in [9.17, 15) is 14.4 Å². The Kier molecular flexibility index (Phi) is 10.4. The predicted octanol–water partition coefficient (Wildman–Crippen LogP) is 8.42. The first kappa shape index (κ1) is 33.5. The van der Waals surface area contributed by atoms with Crippen LogP contribution in [0.3, 0.4) is 0 Å². The lowest BCUT2D eigenvalue weighted by molar-refractivity contribution is -0.117. The molecule has 0 saturated carbocycles. The van der Waals surface area contributed by atoms with Crippen LogP contribution < -0.4 is 25.0 Å². The highest BCUT2D eigenvalue weighted by Gasteiger charge is 2.31. The van der Waals surface area contributed by atoms with Gasteiger partial charge in [-0.25, -0.2) is 0 Å². The summed E-state index contributed by atoms with van der Waals surface area (Å²) < 4.78 is 10.8. The van der Waals surface area contributed by atoms with Crippen LogP contribution in [0, 0.1) is 0 Å². The fourth-order valence-electron chi connectivity index (χ4n) is 5.28. The third-order valence-electron chi connectivity index (χ3n) is 7.65. The van der Waals surface area contributed by atoms with Crippen LogP contribution in [-0.2, 0) is 9.59 Å². The Morgan fingerprint density at radius 1 is 0.755 bits per heavy atom. The quantitative estimate of drug-likeness (QED) is 0.112. The molecule has 0 fully saturated rings. The van der Waals surface area contributed by atoms with Crippen LogP contribution in [0.15, 0.2) is 142 Å². The van der Waals surface area contributed by atoms with Gasteiger partial charge in [0.05, 0.1) is 30.8 Å². The Balaban J connectivity index is 1.22. The van der Waals surface area contributed by atoms with Gasteiger partial charge >= 0.3 is 0 Å². The number of amides is 3. The number of nitrogens with one attached hydrogen (secondary N) is 2. The van der Waals surface area contributed by atoms with E-state index in [4.69, 9.17) is 9.47 Å². The molecule has 1 atom stereocenters. The van der Waals surface area contributed by atoms with Gasteiger partial charge in [0.15, 0.2) is 11.5 Å². The second-order valence-electron chi connectivity index (χ2n) is 10.9. The van der Waals surface area contributed by atoms with Gasteiger partial charge in [-0.15, -0.1) is 11.8 Å². The number of fused-ring (bicyclic) bond motifs is 2. The van der Waals surface area contributed by atoms with E-state index in [0.29, 0.717) is 28.3 Å². The zero-order chi connectivity index (χ0) is 34.3. The maximum atomic E-state index is 14.0. The maximum Gasteiger partial charge on any atom is 0.272 e. The van der Waals surface area contributed by atoms with Crippen molar-refractivity contribution < 1.29 is 23.9 Å². The lowest BCUT2D eigenvalue weighted by Crippen LogP contribution is -2.34. The van der Waals surface area contributed by atoms with Crippen molar-refractivity contribution in [2.45, 2.75) is 26.9 Å². The summed E-state index contributed by atoms with van der Waals surface area (Å²) >= 11 is 3.05. The zero-order valence-electron chi connectivity index (χ0n) is 27.0. The number of benzene rings is 5. The number of thioether (sulfide) groups is 1. The molecule has 10 heteroatoms. The van der Waals surface area contributed by atoms with E-state index < -0.39 is 17.1 Å². The molecule has 1 aliphatic heterocycles. The molecule has 0 spiro atoms. The van der Waals surface area contributed by atoms with E-state index in [0.717, 1.165) is 26.1 Å². The molecule has 2 N–H and O–H groups in total. The summed E-state index contributed by atoms with van der Waals surface area (Å²) in [5.74, 6) is 0.00816. The van der Waals surface area contributed by atoms with Crippen LogP contribution in [0.2, 0.25) is 0 Å². The number of hydrogen-bond acceptors (Lipinski definition) is 7. The van der Waals surface area contributed by atoms with Gasteiger partial charge in [0.2, 0.25) is 5.91 Å². The van der Waals surface area contributed by atoms with Crippen molar-refractivity contribution in [3.05, 3.63) is 138 Å². The highest BCUT2D eigenvalue weighted by Crippen LogP contribution is 2.48. The molecule has 246 valence electrons. The molecule has 0 aromatic heterocycles. The fourth-order valence-corrected chi connectivity index (χ4v) is 7.30. The van der Waals surface area contributed by atoms with Crippen LogP contribution in [0.1, 0.15) is 22.8 Å². The van der Waals surface area contributed by atoms with Gasteiger partial charge in [0.1, 0.15) is 5.70 Å². The first-order chi connectivity index (χ1) is 23.8. The third-order valence-corrected chi connectivity index (χ3v) is 9.86. The van der Waals surface area contributed by atoms with Gasteiger partial charge < -0.3 is 20.1 Å². The summed E-state index contributed by atoms with van der Waals surface area (Å²) in [6.45, 7) is 1.88. The van der Waals surface area contributed by atoms with Crippen molar-refractivity contribution in [2.24, 2.45) is 0 Å². The summed E-state index contributed by atoms with van der Waals surface area (Å²) in [5.41, 5.74) is 3.28. The monoisotopic (exact) mass is 687 g/mol. The van der Waals surface area contributed by atoms with E-state index in [2.05, 4.69) is 10.6 Å². The SMILES string of the molecule is COc1ccc(/C=C(/NC(=O)c2ccccc2)C(=O)Nc2cccc(SC(C)C(=O)N3c4ccccc4Sc4ccccc43)c2)cc1OC. The Hall–Kier alpha value is -5.45. The van der Waals surface area contributed by atoms with Crippen molar-refractivity contribution in [1.29, 1.82) is 0 Å². The number of carbonyl (C=O) groups is 3. The molecule has 0 aliphatic carbocycles. The van der Waals surface area contributed by atoms with E-state index >= 15 is 0 Å². The van der Waals surface area contributed by atoms with Gasteiger partial charge in [-0.3, -0.25) is 19.3 Å². The molecule has 0 saturated heterocycles. The molecule has 0 bridgehead atoms. The number of anilines is 3. The summed E-state index contributed by atoms with van der Waals surface area (Å²) in [5, 5.41) is 5.23. The van der Waals surface area contributed by atoms with Crippen molar-refractivity contribution in [1.82, 2.24) is 5.32 Å². The van der Waals surface area contributed by atoms with Crippen LogP contribution in [0.5, 0.6) is 11.5 Å². The van der Waals surface area contributed by atoms with Crippen LogP contribution in [0.25, 0.3) is 6.08 Å². The highest BCUT2D eigenvalue weighted by molar-refractivity contribution is 8.00. The normalized spacial score (nSPS) is 12.6. The third kappa shape index (κ3) is 7.66. The summed E-state index contributed by atoms with van der Waals surface area (Å²) in [4.78, 5) is 45.5. The van der Waals surface area contributed by atoms with E-state index in [1.54, 1.807) is 78.4 Å². The molecule has 1 heterocycles. The number of methoxy groups -OCH3 is 2. The summed E-state index contributed by atoms with van der Waals surface area (Å²) in [6.07, 6.45) is 1.57. The molecule has 5 aromatic carbocycles. The minimum atomic E-state index is -0.524. The van der Waals surface area contributed by atoms with Gasteiger partial charge in [0, 0.05) is 25.9 Å². The smallest absolute Gasteiger partial charge is 0.272 e. The Bertz CT molecular complexity index is 2000. The summed E-state index contributed by atoms with van der Waals surface area (Å²) in [6, 6.07) is 37.0. The first-order valence-corrected chi connectivity index (χ1v) is 17.1. The average molecular weight is 688 g/mol. The first-order valence-electron chi connectivity index (χ1n) is 15.4. The minimum Gasteiger partial charge on any atom is -0.493 e. The van der Waals surface area contributed by atoms with Crippen LogP contribution in [0.4, 0.5) is 17.1 Å². The Labute approximate surface area is 293 Å². The largest absolute Gasteiger partial charge is 0.493 e. The second kappa shape index (κ2) is 15.2. The van der Waals surface area contributed by atoms with Crippen molar-refractivity contribution in [2.75, 3.05) is 24.4 Å². The number of rotatable bonds is 10. The Morgan fingerprint density at radius 3 is 2.08 bits per heavy atom. The molecule has 1 unspecified atom stereocenters. The molecule has 1 aliphatic rings. The molecule has 49 heavy (non-hydrogen) atoms. The number of carbonyl (C=O) groups excluding carboxylic acids is 3. The van der Waals surface area contributed by atoms with Gasteiger partial charge in [0.25, 0.3) is 11.8 Å². The topological polar surface area (TPSA) is 97.0 Å². The van der Waals surface area contributed by atoms with Gasteiger partial charge in [-0.1, -0.05) is 66.4 Å². The van der Waals surface area contributed by atoms with Crippen LogP contribution >= 0.6 is 23.5 Å². The molecular formula is C39H33N3O5S2. The molecular weight excluding hydrogens is 655 g/mol. The van der Waals surface area contributed by atoms with Crippen molar-refractivity contribution in [3.8, 4) is 11.5 Å². The molecule has 5 aromatic rings.